The first-order valence-electron chi connectivity index (χ1n) is 12.6. The summed E-state index contributed by atoms with van der Waals surface area (Å²) in [6.45, 7) is 0. The number of nitrogens with one attached hydrogen (secondary N) is 2. The van der Waals surface area contributed by atoms with Crippen molar-refractivity contribution in [1.82, 2.24) is 9.97 Å². The smallest absolute Gasteiger partial charge is 0.0754 e. The van der Waals surface area contributed by atoms with Crippen LogP contribution in [-0.4, -0.2) is 21.9 Å². The van der Waals surface area contributed by atoms with Crippen LogP contribution >= 0.6 is 15.9 Å². The fourth-order valence-corrected chi connectivity index (χ4v) is 6.15. The molecule has 0 saturated heterocycles. The topological polar surface area (TPSA) is 56.3 Å². The van der Waals surface area contributed by atoms with Gasteiger partial charge in [-0.3, -0.25) is 9.98 Å². The number of aromatic nitrogens is 2. The second-order valence-corrected chi connectivity index (χ2v) is 10.7. The first-order chi connectivity index (χ1) is 18.7. The third kappa shape index (κ3) is 3.29. The lowest BCUT2D eigenvalue weighted by Gasteiger charge is -2.11. The third-order valence-electron chi connectivity index (χ3n) is 7.61. The van der Waals surface area contributed by atoms with Crippen molar-refractivity contribution in [2.24, 2.45) is 9.98 Å². The van der Waals surface area contributed by atoms with E-state index >= 15 is 0 Å². The van der Waals surface area contributed by atoms with E-state index in [-0.39, 0.29) is 0 Å². The lowest BCUT2D eigenvalue weighted by atomic mass is 9.93. The molecule has 5 aromatic carbocycles. The van der Waals surface area contributed by atoms with Gasteiger partial charge in [0, 0.05) is 67.8 Å². The number of rotatable bonds is 3. The molecule has 0 unspecified atom stereocenters. The van der Waals surface area contributed by atoms with Gasteiger partial charge in [-0.25, -0.2) is 0 Å². The highest BCUT2D eigenvalue weighted by molar-refractivity contribution is 9.10. The Morgan fingerprint density at radius 3 is 2.39 bits per heavy atom. The number of nitrogens with zero attached hydrogens (tertiary/aromatic N) is 2. The molecule has 1 aliphatic rings. The molecule has 3 heterocycles. The second kappa shape index (κ2) is 8.27. The number of H-pyrrole nitrogens is 2. The summed E-state index contributed by atoms with van der Waals surface area (Å²) >= 11 is 3.58. The molecule has 0 aliphatic carbocycles. The number of hydrogen-bond donors (Lipinski definition) is 2. The first-order valence-corrected chi connectivity index (χ1v) is 13.4. The summed E-state index contributed by atoms with van der Waals surface area (Å²) in [5, 5.41) is 7.24. The Kier molecular flexibility index (Phi) is 4.70. The zero-order valence-electron chi connectivity index (χ0n) is 20.3. The minimum atomic E-state index is 0.794. The van der Waals surface area contributed by atoms with Crippen molar-refractivity contribution in [3.63, 3.8) is 0 Å². The average Bonchev–Trinajstić information content (AvgIpc) is 3.68. The zero-order chi connectivity index (χ0) is 25.2. The molecular formula is C33H21BrN4. The molecule has 0 radical (unpaired) electrons. The molecule has 4 nitrogen and oxygen atoms in total. The Hall–Kier alpha value is -4.48. The number of aromatic amines is 2. The van der Waals surface area contributed by atoms with Crippen LogP contribution in [0, 0.1) is 0 Å². The van der Waals surface area contributed by atoms with Crippen molar-refractivity contribution in [3.8, 4) is 0 Å². The molecule has 7 aromatic rings. The molecule has 0 spiro atoms. The van der Waals surface area contributed by atoms with Crippen molar-refractivity contribution >= 4 is 82.6 Å². The van der Waals surface area contributed by atoms with Crippen LogP contribution in [0.15, 0.2) is 112 Å². The number of halogens is 1. The van der Waals surface area contributed by atoms with Crippen LogP contribution in [0.3, 0.4) is 0 Å². The normalized spacial score (nSPS) is 13.3. The predicted octanol–water partition coefficient (Wildman–Crippen LogP) is 9.15. The van der Waals surface area contributed by atoms with E-state index in [1.807, 2.05) is 18.5 Å². The quantitative estimate of drug-likeness (QED) is 0.162. The Balaban J connectivity index is 1.27. The molecule has 38 heavy (non-hydrogen) atoms. The number of hydrogen-bond acceptors (Lipinski definition) is 2. The molecule has 0 amide bonds. The second-order valence-electron chi connectivity index (χ2n) is 9.78. The van der Waals surface area contributed by atoms with E-state index in [2.05, 4.69) is 111 Å². The largest absolute Gasteiger partial charge is 0.361 e. The highest BCUT2D eigenvalue weighted by Crippen LogP contribution is 2.44. The van der Waals surface area contributed by atoms with Gasteiger partial charge in [0.2, 0.25) is 0 Å². The van der Waals surface area contributed by atoms with E-state index in [9.17, 15) is 0 Å². The van der Waals surface area contributed by atoms with Crippen LogP contribution in [0.1, 0.15) is 16.7 Å². The lowest BCUT2D eigenvalue weighted by Crippen LogP contribution is -1.99. The fraction of sp³-hybridized carbons (Fsp3) is 0.0303. The Labute approximate surface area is 226 Å². The molecule has 2 aromatic heterocycles. The highest BCUT2D eigenvalue weighted by Gasteiger charge is 2.24. The van der Waals surface area contributed by atoms with Crippen molar-refractivity contribution in [2.75, 3.05) is 0 Å². The van der Waals surface area contributed by atoms with Gasteiger partial charge >= 0.3 is 0 Å². The van der Waals surface area contributed by atoms with E-state index in [1.165, 1.54) is 38.1 Å². The molecule has 5 heteroatoms. The van der Waals surface area contributed by atoms with Crippen LogP contribution in [0.4, 0.5) is 11.4 Å². The van der Waals surface area contributed by atoms with E-state index in [1.54, 1.807) is 0 Å². The van der Waals surface area contributed by atoms with E-state index in [4.69, 9.17) is 9.98 Å². The van der Waals surface area contributed by atoms with Crippen LogP contribution in [0.25, 0.3) is 43.4 Å². The standard InChI is InChI=1S/C33H21BrN4/c34-20-9-12-31-26(13-20)19(17-36-31)16-35-21-10-11-23-22-5-1-2-7-25(22)33-28(27(23)14-21)15-32(38-33)29-18-37-30-8-4-3-6-24(29)30/h1-14,16-18,36-37H,15H2. The highest BCUT2D eigenvalue weighted by atomic mass is 79.9. The zero-order valence-corrected chi connectivity index (χ0v) is 21.9. The molecule has 2 N–H and O–H groups in total. The van der Waals surface area contributed by atoms with Crippen molar-refractivity contribution in [2.45, 2.75) is 6.42 Å². The number of fused-ring (bicyclic) bond motifs is 8. The fourth-order valence-electron chi connectivity index (χ4n) is 5.79. The summed E-state index contributed by atoms with van der Waals surface area (Å²) < 4.78 is 1.05. The van der Waals surface area contributed by atoms with Gasteiger partial charge in [0.15, 0.2) is 0 Å². The summed E-state index contributed by atoms with van der Waals surface area (Å²) in [7, 11) is 0. The van der Waals surface area contributed by atoms with E-state index in [0.29, 0.717) is 0 Å². The van der Waals surface area contributed by atoms with Crippen molar-refractivity contribution in [3.05, 3.63) is 118 Å². The Morgan fingerprint density at radius 2 is 1.47 bits per heavy atom. The SMILES string of the molecule is Brc1ccc2[nH]cc(C=Nc3ccc4c(c3)c3c(c5ccccc54)N=C(c4c[nH]c5ccccc45)C3)c2c1. The van der Waals surface area contributed by atoms with Crippen LogP contribution in [0.2, 0.25) is 0 Å². The lowest BCUT2D eigenvalue weighted by molar-refractivity contribution is 1.42. The molecular weight excluding hydrogens is 532 g/mol. The first kappa shape index (κ1) is 21.6. The van der Waals surface area contributed by atoms with Gasteiger partial charge in [-0.05, 0) is 58.1 Å². The van der Waals surface area contributed by atoms with Gasteiger partial charge in [-0.1, -0.05) is 64.5 Å². The molecule has 180 valence electrons. The van der Waals surface area contributed by atoms with Gasteiger partial charge in [0.05, 0.1) is 17.1 Å². The van der Waals surface area contributed by atoms with Crippen LogP contribution in [-0.2, 0) is 6.42 Å². The Morgan fingerprint density at radius 1 is 0.711 bits per heavy atom. The maximum absolute atomic E-state index is 5.23. The monoisotopic (exact) mass is 552 g/mol. The summed E-state index contributed by atoms with van der Waals surface area (Å²) in [6.07, 6.45) is 6.84. The molecule has 8 rings (SSSR count). The summed E-state index contributed by atoms with van der Waals surface area (Å²) in [5.41, 5.74) is 8.86. The van der Waals surface area contributed by atoms with Gasteiger partial charge in [-0.15, -0.1) is 0 Å². The third-order valence-corrected chi connectivity index (χ3v) is 8.10. The predicted molar refractivity (Wildman–Crippen MR) is 163 cm³/mol. The van der Waals surface area contributed by atoms with Gasteiger partial charge < -0.3 is 9.97 Å². The van der Waals surface area contributed by atoms with Crippen LogP contribution < -0.4 is 0 Å². The van der Waals surface area contributed by atoms with E-state index < -0.39 is 0 Å². The maximum Gasteiger partial charge on any atom is 0.0754 e. The van der Waals surface area contributed by atoms with Gasteiger partial charge in [0.1, 0.15) is 0 Å². The number of para-hydroxylation sites is 1. The molecule has 0 bridgehead atoms. The molecule has 0 fully saturated rings. The molecule has 0 atom stereocenters. The number of aliphatic imine (C=N–C) groups is 2. The minimum Gasteiger partial charge on any atom is -0.361 e. The van der Waals surface area contributed by atoms with Crippen molar-refractivity contribution < 1.29 is 0 Å². The maximum atomic E-state index is 5.23. The summed E-state index contributed by atoms with van der Waals surface area (Å²) in [5.74, 6) is 0. The average molecular weight is 553 g/mol. The summed E-state index contributed by atoms with van der Waals surface area (Å²) in [4.78, 5) is 16.9. The van der Waals surface area contributed by atoms with Gasteiger partial charge in [-0.2, -0.15) is 0 Å². The number of benzene rings is 5. The van der Waals surface area contributed by atoms with Gasteiger partial charge in [0.25, 0.3) is 0 Å². The van der Waals surface area contributed by atoms with Crippen molar-refractivity contribution in [1.29, 1.82) is 0 Å². The summed E-state index contributed by atoms with van der Waals surface area (Å²) in [6, 6.07) is 29.8. The van der Waals surface area contributed by atoms with Crippen LogP contribution in [0.5, 0.6) is 0 Å². The molecule has 1 aliphatic heterocycles. The Bertz CT molecular complexity index is 2130. The van der Waals surface area contributed by atoms with E-state index in [0.717, 1.165) is 50.0 Å². The molecule has 0 saturated carbocycles. The minimum absolute atomic E-state index is 0.794.